The van der Waals surface area contributed by atoms with Crippen LogP contribution in [0.1, 0.15) is 17.3 Å². The van der Waals surface area contributed by atoms with Gasteiger partial charge < -0.3 is 19.9 Å². The number of anilines is 1. The van der Waals surface area contributed by atoms with Gasteiger partial charge in [0.2, 0.25) is 0 Å². The van der Waals surface area contributed by atoms with E-state index in [1.165, 1.54) is 18.2 Å². The highest BCUT2D eigenvalue weighted by molar-refractivity contribution is 5.99. The van der Waals surface area contributed by atoms with Crippen molar-refractivity contribution in [2.24, 2.45) is 0 Å². The largest absolute Gasteiger partial charge is 0.506 e. The van der Waals surface area contributed by atoms with Crippen LogP contribution < -0.4 is 5.32 Å². The van der Waals surface area contributed by atoms with Gasteiger partial charge in [0.25, 0.3) is 0 Å². The molecule has 2 rings (SSSR count). The number of carbonyl (C=O) groups excluding carboxylic acids is 2. The van der Waals surface area contributed by atoms with Crippen LogP contribution in [0.4, 0.5) is 5.69 Å². The van der Waals surface area contributed by atoms with Crippen LogP contribution in [0.3, 0.4) is 0 Å². The lowest BCUT2D eigenvalue weighted by atomic mass is 10.1. The van der Waals surface area contributed by atoms with Gasteiger partial charge in [0, 0.05) is 0 Å². The van der Waals surface area contributed by atoms with Crippen molar-refractivity contribution in [1.82, 2.24) is 0 Å². The van der Waals surface area contributed by atoms with Crippen LogP contribution in [-0.4, -0.2) is 36.3 Å². The number of hydrogen-bond donors (Lipinski definition) is 2. The Morgan fingerprint density at radius 1 is 1.61 bits per heavy atom. The highest BCUT2D eigenvalue weighted by Gasteiger charge is 2.29. The Labute approximate surface area is 104 Å². The van der Waals surface area contributed by atoms with Crippen LogP contribution in [0.5, 0.6) is 5.75 Å². The van der Waals surface area contributed by atoms with Crippen LogP contribution in [-0.2, 0) is 14.3 Å². The molecule has 96 valence electrons. The summed E-state index contributed by atoms with van der Waals surface area (Å²) in [5, 5.41) is 12.5. The molecule has 0 saturated carbocycles. The summed E-state index contributed by atoms with van der Waals surface area (Å²) in [7, 11) is 0. The molecule has 1 aromatic rings. The standard InChI is InChI=1S/C12H13NO5/c1-2-17-12(16)8-6-18-11(15)7-4-3-5-9(14)10(7)13-8/h3-5,8,13-14H,2,6H2,1H3. The second kappa shape index (κ2) is 4.95. The van der Waals surface area contributed by atoms with Gasteiger partial charge in [-0.05, 0) is 19.1 Å². The van der Waals surface area contributed by atoms with E-state index >= 15 is 0 Å². The first kappa shape index (κ1) is 12.2. The molecule has 1 unspecified atom stereocenters. The summed E-state index contributed by atoms with van der Waals surface area (Å²) in [6.07, 6.45) is 0. The van der Waals surface area contributed by atoms with E-state index in [1.54, 1.807) is 6.92 Å². The van der Waals surface area contributed by atoms with Gasteiger partial charge in [0.05, 0.1) is 17.9 Å². The summed E-state index contributed by atoms with van der Waals surface area (Å²) in [6.45, 7) is 1.79. The third kappa shape index (κ3) is 2.22. The molecule has 6 heteroatoms. The Bertz CT molecular complexity index is 485. The van der Waals surface area contributed by atoms with Crippen LogP contribution in [0, 0.1) is 0 Å². The van der Waals surface area contributed by atoms with Crippen LogP contribution >= 0.6 is 0 Å². The van der Waals surface area contributed by atoms with Crippen LogP contribution in [0.2, 0.25) is 0 Å². The number of phenolic OH excluding ortho intramolecular Hbond substituents is 1. The number of cyclic esters (lactones) is 1. The zero-order valence-corrected chi connectivity index (χ0v) is 9.80. The van der Waals surface area contributed by atoms with Crippen molar-refractivity contribution in [2.75, 3.05) is 18.5 Å². The number of esters is 2. The summed E-state index contributed by atoms with van der Waals surface area (Å²) >= 11 is 0. The van der Waals surface area contributed by atoms with E-state index in [0.29, 0.717) is 0 Å². The molecule has 1 atom stereocenters. The number of fused-ring (bicyclic) bond motifs is 1. The van der Waals surface area contributed by atoms with E-state index in [9.17, 15) is 14.7 Å². The Morgan fingerprint density at radius 2 is 2.39 bits per heavy atom. The first-order chi connectivity index (χ1) is 8.63. The highest BCUT2D eigenvalue weighted by Crippen LogP contribution is 2.30. The Morgan fingerprint density at radius 3 is 3.11 bits per heavy atom. The summed E-state index contributed by atoms with van der Waals surface area (Å²) < 4.78 is 9.80. The van der Waals surface area contributed by atoms with Crippen LogP contribution in [0.15, 0.2) is 18.2 Å². The minimum Gasteiger partial charge on any atom is -0.506 e. The Hall–Kier alpha value is -2.24. The minimum absolute atomic E-state index is 0.111. The molecule has 1 aliphatic rings. The number of phenols is 1. The lowest BCUT2D eigenvalue weighted by molar-refractivity contribution is -0.144. The van der Waals surface area contributed by atoms with Gasteiger partial charge in [-0.15, -0.1) is 0 Å². The third-order valence-electron chi connectivity index (χ3n) is 2.53. The number of rotatable bonds is 2. The molecule has 18 heavy (non-hydrogen) atoms. The van der Waals surface area contributed by atoms with E-state index in [-0.39, 0.29) is 30.2 Å². The minimum atomic E-state index is -0.816. The van der Waals surface area contributed by atoms with Gasteiger partial charge in [-0.25, -0.2) is 9.59 Å². The van der Waals surface area contributed by atoms with Crippen molar-refractivity contribution in [3.05, 3.63) is 23.8 Å². The smallest absolute Gasteiger partial charge is 0.340 e. The number of hydrogen-bond acceptors (Lipinski definition) is 6. The summed E-state index contributed by atoms with van der Waals surface area (Å²) in [4.78, 5) is 23.3. The molecule has 1 aromatic carbocycles. The predicted octanol–water partition coefficient (Wildman–Crippen LogP) is 0.906. The predicted molar refractivity (Wildman–Crippen MR) is 62.4 cm³/mol. The van der Waals surface area contributed by atoms with E-state index in [2.05, 4.69) is 5.32 Å². The molecule has 0 aliphatic carbocycles. The fourth-order valence-electron chi connectivity index (χ4n) is 1.68. The monoisotopic (exact) mass is 251 g/mol. The molecular formula is C12H13NO5. The lowest BCUT2D eigenvalue weighted by Gasteiger charge is -2.15. The molecule has 0 aromatic heterocycles. The fourth-order valence-corrected chi connectivity index (χ4v) is 1.68. The van der Waals surface area contributed by atoms with E-state index in [4.69, 9.17) is 9.47 Å². The number of ether oxygens (including phenoxy) is 2. The molecule has 6 nitrogen and oxygen atoms in total. The fraction of sp³-hybridized carbons (Fsp3) is 0.333. The Kier molecular flexibility index (Phi) is 3.36. The zero-order chi connectivity index (χ0) is 13.1. The van der Waals surface area contributed by atoms with Crippen molar-refractivity contribution in [3.8, 4) is 5.75 Å². The molecule has 0 amide bonds. The van der Waals surface area contributed by atoms with E-state index in [1.807, 2.05) is 0 Å². The third-order valence-corrected chi connectivity index (χ3v) is 2.53. The summed E-state index contributed by atoms with van der Waals surface area (Å²) in [5.74, 6) is -1.22. The summed E-state index contributed by atoms with van der Waals surface area (Å²) in [6, 6.07) is 3.65. The van der Waals surface area contributed by atoms with Gasteiger partial charge in [-0.1, -0.05) is 6.07 Å². The maximum absolute atomic E-state index is 11.7. The molecule has 0 saturated heterocycles. The van der Waals surface area contributed by atoms with Crippen molar-refractivity contribution in [2.45, 2.75) is 13.0 Å². The topological polar surface area (TPSA) is 84.9 Å². The van der Waals surface area contributed by atoms with Gasteiger partial charge >= 0.3 is 11.9 Å². The zero-order valence-electron chi connectivity index (χ0n) is 9.80. The molecule has 2 N–H and O–H groups in total. The highest BCUT2D eigenvalue weighted by atomic mass is 16.6. The number of nitrogens with one attached hydrogen (secondary N) is 1. The number of carbonyl (C=O) groups is 2. The average Bonchev–Trinajstić information content (AvgIpc) is 2.51. The second-order valence-corrected chi connectivity index (χ2v) is 3.75. The van der Waals surface area contributed by atoms with Crippen molar-refractivity contribution in [1.29, 1.82) is 0 Å². The van der Waals surface area contributed by atoms with Crippen molar-refractivity contribution >= 4 is 17.6 Å². The first-order valence-corrected chi connectivity index (χ1v) is 5.55. The average molecular weight is 251 g/mol. The summed E-state index contributed by atoms with van der Waals surface area (Å²) in [5.41, 5.74) is 0.389. The molecule has 1 aliphatic heterocycles. The molecular weight excluding hydrogens is 238 g/mol. The first-order valence-electron chi connectivity index (χ1n) is 5.55. The molecule has 0 spiro atoms. The lowest BCUT2D eigenvalue weighted by Crippen LogP contribution is -2.34. The number of benzene rings is 1. The number of para-hydroxylation sites is 1. The molecule has 0 radical (unpaired) electrons. The molecule has 1 heterocycles. The van der Waals surface area contributed by atoms with Gasteiger partial charge in [0.1, 0.15) is 12.4 Å². The van der Waals surface area contributed by atoms with Crippen LogP contribution in [0.25, 0.3) is 0 Å². The number of aromatic hydroxyl groups is 1. The Balaban J connectivity index is 2.32. The van der Waals surface area contributed by atoms with Gasteiger partial charge in [-0.3, -0.25) is 0 Å². The normalized spacial score (nSPS) is 18.1. The maximum Gasteiger partial charge on any atom is 0.340 e. The quantitative estimate of drug-likeness (QED) is 0.600. The van der Waals surface area contributed by atoms with Crippen molar-refractivity contribution < 1.29 is 24.2 Å². The van der Waals surface area contributed by atoms with E-state index in [0.717, 1.165) is 0 Å². The van der Waals surface area contributed by atoms with Crippen molar-refractivity contribution in [3.63, 3.8) is 0 Å². The van der Waals surface area contributed by atoms with Gasteiger partial charge in [-0.2, -0.15) is 0 Å². The SMILES string of the molecule is CCOC(=O)C1COC(=O)c2cccc(O)c2N1. The molecule has 0 bridgehead atoms. The van der Waals surface area contributed by atoms with E-state index < -0.39 is 18.0 Å². The molecule has 0 fully saturated rings. The van der Waals surface area contributed by atoms with Gasteiger partial charge in [0.15, 0.2) is 6.04 Å². The second-order valence-electron chi connectivity index (χ2n) is 3.75. The maximum atomic E-state index is 11.7.